The van der Waals surface area contributed by atoms with Gasteiger partial charge in [-0.25, -0.2) is 23.1 Å². The molecule has 14 heteroatoms. The van der Waals surface area contributed by atoms with Gasteiger partial charge in [-0.1, -0.05) is 6.07 Å². The van der Waals surface area contributed by atoms with Crippen molar-refractivity contribution in [3.8, 4) is 28.4 Å². The smallest absolute Gasteiger partial charge is 0.419 e. The number of nitrogens with zero attached hydrogens (tertiary/aromatic N) is 2. The first-order valence-electron chi connectivity index (χ1n) is 11.2. The van der Waals surface area contributed by atoms with E-state index in [0.29, 0.717) is 6.07 Å². The number of aromatic hydroxyl groups is 1. The number of anilines is 1. The van der Waals surface area contributed by atoms with Gasteiger partial charge in [-0.2, -0.15) is 13.2 Å². The maximum atomic E-state index is 14.9. The number of aromatic nitrogens is 2. The Kier molecular flexibility index (Phi) is 6.50. The van der Waals surface area contributed by atoms with E-state index in [1.807, 2.05) is 0 Å². The summed E-state index contributed by atoms with van der Waals surface area (Å²) in [6.07, 6.45) is -2.06. The van der Waals surface area contributed by atoms with E-state index in [1.54, 1.807) is 0 Å². The van der Waals surface area contributed by atoms with Crippen molar-refractivity contribution < 1.29 is 46.0 Å². The molecule has 8 nitrogen and oxygen atoms in total. The molecule has 4 aromatic rings. The number of ether oxygens (including phenoxy) is 2. The lowest BCUT2D eigenvalue weighted by Crippen LogP contribution is -2.43. The monoisotopic (exact) mass is 552 g/mol. The van der Waals surface area contributed by atoms with Crippen molar-refractivity contribution in [1.29, 1.82) is 0 Å². The van der Waals surface area contributed by atoms with Crippen LogP contribution in [0.4, 0.5) is 32.0 Å². The molecule has 5 rings (SSSR count). The first kappa shape index (κ1) is 26.2. The van der Waals surface area contributed by atoms with Crippen LogP contribution >= 0.6 is 0 Å². The molecule has 1 unspecified atom stereocenters. The van der Waals surface area contributed by atoms with Crippen LogP contribution in [0.1, 0.15) is 5.56 Å². The fourth-order valence-electron chi connectivity index (χ4n) is 3.91. The average molecular weight is 552 g/mol. The normalized spacial score (nSPS) is 17.6. The second kappa shape index (κ2) is 9.69. The number of aliphatic hydroxyl groups is 1. The van der Waals surface area contributed by atoms with Gasteiger partial charge in [0.05, 0.1) is 24.1 Å². The van der Waals surface area contributed by atoms with Crippen LogP contribution in [-0.2, 0) is 10.9 Å². The van der Waals surface area contributed by atoms with E-state index in [0.717, 1.165) is 24.3 Å². The van der Waals surface area contributed by atoms with Crippen molar-refractivity contribution in [2.45, 2.75) is 11.8 Å². The Balaban J connectivity index is 1.45. The number of aromatic amines is 1. The highest BCUT2D eigenvalue weighted by Crippen LogP contribution is 2.42. The Morgan fingerprint density at radius 1 is 1.13 bits per heavy atom. The average Bonchev–Trinajstić information content (AvgIpc) is 3.32. The second-order valence-electron chi connectivity index (χ2n) is 8.68. The highest BCUT2D eigenvalue weighted by atomic mass is 19.4. The molecule has 1 atom stereocenters. The molecule has 2 aromatic heterocycles. The van der Waals surface area contributed by atoms with Crippen molar-refractivity contribution in [3.05, 3.63) is 66.0 Å². The van der Waals surface area contributed by atoms with Crippen LogP contribution in [0.25, 0.3) is 22.2 Å². The van der Waals surface area contributed by atoms with Gasteiger partial charge in [0.2, 0.25) is 0 Å². The molecule has 1 aliphatic rings. The molecule has 3 heterocycles. The van der Waals surface area contributed by atoms with Crippen LogP contribution in [0.3, 0.4) is 0 Å². The topological polar surface area (TPSA) is 112 Å². The number of phenolic OH excluding ortho intramolecular Hbond substituents is 1. The summed E-state index contributed by atoms with van der Waals surface area (Å²) in [5, 5.41) is 21.7. The number of pyridine rings is 1. The summed E-state index contributed by atoms with van der Waals surface area (Å²) in [6, 6.07) is 5.64. The third-order valence-electron chi connectivity index (χ3n) is 5.87. The van der Waals surface area contributed by atoms with Crippen molar-refractivity contribution >= 4 is 22.7 Å². The first-order chi connectivity index (χ1) is 18.5. The predicted molar refractivity (Wildman–Crippen MR) is 127 cm³/mol. The van der Waals surface area contributed by atoms with Crippen molar-refractivity contribution in [1.82, 2.24) is 9.97 Å². The molecule has 0 bridgehead atoms. The number of H-pyrrole nitrogens is 1. The van der Waals surface area contributed by atoms with E-state index in [2.05, 4.69) is 20.3 Å². The van der Waals surface area contributed by atoms with E-state index < -0.39 is 60.3 Å². The number of rotatable bonds is 5. The van der Waals surface area contributed by atoms with E-state index in [-0.39, 0.29) is 39.6 Å². The molecule has 0 saturated carbocycles. The van der Waals surface area contributed by atoms with Crippen molar-refractivity contribution in [2.75, 3.05) is 25.1 Å². The molecule has 4 N–H and O–H groups in total. The van der Waals surface area contributed by atoms with E-state index >= 15 is 0 Å². The van der Waals surface area contributed by atoms with Gasteiger partial charge in [-0.3, -0.25) is 0 Å². The molecule has 0 fully saturated rings. The molecule has 39 heavy (non-hydrogen) atoms. The van der Waals surface area contributed by atoms with Gasteiger partial charge in [0.15, 0.2) is 23.1 Å². The number of hydrogen-bond acceptors (Lipinski definition) is 7. The summed E-state index contributed by atoms with van der Waals surface area (Å²) < 4.78 is 93.7. The van der Waals surface area contributed by atoms with Crippen LogP contribution in [0.15, 0.2) is 53.8 Å². The number of amidine groups is 1. The number of fused-ring (bicyclic) bond motifs is 1. The fraction of sp³-hybridized carbons (Fsp3) is 0.200. The third-order valence-corrected chi connectivity index (χ3v) is 5.87. The number of benzene rings is 2. The molecule has 0 saturated heterocycles. The Morgan fingerprint density at radius 3 is 2.49 bits per heavy atom. The van der Waals surface area contributed by atoms with Crippen LogP contribution in [0.2, 0.25) is 0 Å². The minimum Gasteiger partial charge on any atom is -0.507 e. The van der Waals surface area contributed by atoms with Gasteiger partial charge in [-0.15, -0.1) is 0 Å². The predicted octanol–water partition coefficient (Wildman–Crippen LogP) is 5.52. The summed E-state index contributed by atoms with van der Waals surface area (Å²) in [5.74, 6) is -4.11. The van der Waals surface area contributed by atoms with Gasteiger partial charge in [-0.05, 0) is 23.8 Å². The molecule has 0 spiro atoms. The number of halogens is 6. The zero-order valence-electron chi connectivity index (χ0n) is 19.6. The maximum Gasteiger partial charge on any atom is 0.419 e. The van der Waals surface area contributed by atoms with Gasteiger partial charge in [0.25, 0.3) is 6.02 Å². The number of phenols is 1. The van der Waals surface area contributed by atoms with E-state index in [4.69, 9.17) is 14.6 Å². The molecular weight excluding hydrogens is 534 g/mol. The molecule has 0 amide bonds. The van der Waals surface area contributed by atoms with Crippen molar-refractivity contribution in [2.24, 2.45) is 4.99 Å². The quantitative estimate of drug-likeness (QED) is 0.243. The van der Waals surface area contributed by atoms with Gasteiger partial charge < -0.3 is 30.0 Å². The largest absolute Gasteiger partial charge is 0.507 e. The number of alkyl halides is 4. The molecule has 204 valence electrons. The Hall–Kier alpha value is -4.46. The summed E-state index contributed by atoms with van der Waals surface area (Å²) in [6.45, 7) is -1.72. The number of aliphatic imine (C=N–C) groups is 1. The van der Waals surface area contributed by atoms with Gasteiger partial charge in [0.1, 0.15) is 23.8 Å². The minimum absolute atomic E-state index is 0.0718. The van der Waals surface area contributed by atoms with Crippen LogP contribution < -0.4 is 10.1 Å². The lowest BCUT2D eigenvalue weighted by molar-refractivity contribution is -0.138. The summed E-state index contributed by atoms with van der Waals surface area (Å²) in [7, 11) is 0. The summed E-state index contributed by atoms with van der Waals surface area (Å²) in [4.78, 5) is 10.7. The lowest BCUT2D eigenvalue weighted by Gasteiger charge is -2.26. The second-order valence-corrected chi connectivity index (χ2v) is 8.68. The lowest BCUT2D eigenvalue weighted by atomic mass is 10.0. The van der Waals surface area contributed by atoms with Crippen molar-refractivity contribution in [3.63, 3.8) is 0 Å². The Bertz CT molecular complexity index is 1570. The number of aliphatic hydroxyl groups excluding tert-OH is 1. The van der Waals surface area contributed by atoms with Crippen LogP contribution in [-0.4, -0.2) is 51.6 Å². The van der Waals surface area contributed by atoms with Gasteiger partial charge in [0, 0.05) is 35.8 Å². The minimum atomic E-state index is -4.76. The van der Waals surface area contributed by atoms with E-state index in [1.165, 1.54) is 18.5 Å². The Labute approximate surface area is 215 Å². The molecule has 2 aromatic carbocycles. The summed E-state index contributed by atoms with van der Waals surface area (Å²) >= 11 is 0. The molecular formula is C25H18F6N4O4. The molecule has 0 aliphatic carbocycles. The van der Waals surface area contributed by atoms with Gasteiger partial charge >= 0.3 is 6.18 Å². The Morgan fingerprint density at radius 2 is 1.87 bits per heavy atom. The SMILES string of the molecule is OCC1(F)CN=C(Nc2cc(F)c(Oc3ccnc4[nH]cc(-c5ccc(C(F)(F)F)c(O)c5)c34)c(F)c2)OC1. The molecule has 0 radical (unpaired) electrons. The standard InChI is InChI=1S/C25H18F6N4O4/c26-16-6-13(35-23-34-9-24(28,10-36)11-38-23)7-17(27)21(16)39-19-3-4-32-22-20(19)14(8-33-22)12-1-2-15(18(37)5-12)25(29,30)31/h1-8,36-37H,9-11H2,(H,32,33)(H,34,35). The summed E-state index contributed by atoms with van der Waals surface area (Å²) in [5.41, 5.74) is -2.76. The fourth-order valence-corrected chi connectivity index (χ4v) is 3.91. The first-order valence-corrected chi connectivity index (χ1v) is 11.2. The maximum absolute atomic E-state index is 14.9. The van der Waals surface area contributed by atoms with E-state index in [9.17, 15) is 31.4 Å². The zero-order chi connectivity index (χ0) is 27.9. The highest BCUT2D eigenvalue weighted by molar-refractivity contribution is 5.98. The zero-order valence-corrected chi connectivity index (χ0v) is 19.6. The highest BCUT2D eigenvalue weighted by Gasteiger charge is 2.35. The number of nitrogens with one attached hydrogen (secondary N) is 2. The third kappa shape index (κ3) is 5.14. The van der Waals surface area contributed by atoms with Crippen LogP contribution in [0, 0.1) is 11.6 Å². The van der Waals surface area contributed by atoms with Crippen LogP contribution in [0.5, 0.6) is 17.2 Å². The molecule has 1 aliphatic heterocycles. The number of hydrogen-bond donors (Lipinski definition) is 4.